The number of benzene rings is 1. The number of carbonyl (C=O) groups is 1. The molecule has 0 bridgehead atoms. The molecule has 0 saturated heterocycles. The lowest BCUT2D eigenvalue weighted by molar-refractivity contribution is -0.112. The summed E-state index contributed by atoms with van der Waals surface area (Å²) < 4.78 is 0. The van der Waals surface area contributed by atoms with Crippen molar-refractivity contribution in [2.75, 3.05) is 5.32 Å². The lowest BCUT2D eigenvalue weighted by atomic mass is 9.86. The second-order valence-electron chi connectivity index (χ2n) is 6.96. The Morgan fingerprint density at radius 1 is 1.28 bits per heavy atom. The van der Waals surface area contributed by atoms with E-state index in [-0.39, 0.29) is 11.5 Å². The van der Waals surface area contributed by atoms with Crippen molar-refractivity contribution in [3.8, 4) is 6.07 Å². The van der Waals surface area contributed by atoms with Crippen LogP contribution in [-0.4, -0.2) is 11.9 Å². The van der Waals surface area contributed by atoms with Crippen molar-refractivity contribution in [1.82, 2.24) is 5.32 Å². The Labute approximate surface area is 151 Å². The van der Waals surface area contributed by atoms with Crippen molar-refractivity contribution >= 4 is 11.6 Å². The summed E-state index contributed by atoms with van der Waals surface area (Å²) in [5.41, 5.74) is 2.11. The van der Waals surface area contributed by atoms with Crippen LogP contribution in [0.3, 0.4) is 0 Å². The molecule has 0 spiro atoms. The molecule has 1 aromatic carbocycles. The number of amides is 1. The van der Waals surface area contributed by atoms with E-state index in [9.17, 15) is 10.1 Å². The largest absolute Gasteiger partial charge is 0.387 e. The van der Waals surface area contributed by atoms with Gasteiger partial charge in [0.05, 0.1) is 0 Å². The number of nitrogens with zero attached hydrogens (tertiary/aromatic N) is 1. The number of anilines is 1. The van der Waals surface area contributed by atoms with Crippen LogP contribution < -0.4 is 10.6 Å². The van der Waals surface area contributed by atoms with Gasteiger partial charge in [0.15, 0.2) is 0 Å². The van der Waals surface area contributed by atoms with Crippen molar-refractivity contribution in [3.05, 3.63) is 41.6 Å². The number of aryl methyl sites for hydroxylation is 1. The molecule has 2 rings (SSSR count). The van der Waals surface area contributed by atoms with Gasteiger partial charge in [-0.25, -0.2) is 0 Å². The Hall–Kier alpha value is -2.28. The minimum atomic E-state index is -0.361. The topological polar surface area (TPSA) is 64.9 Å². The molecule has 0 aliphatic heterocycles. The molecule has 1 aliphatic rings. The predicted octanol–water partition coefficient (Wildman–Crippen LogP) is 4.54. The van der Waals surface area contributed by atoms with Gasteiger partial charge < -0.3 is 10.6 Å². The van der Waals surface area contributed by atoms with E-state index in [1.807, 2.05) is 30.3 Å². The van der Waals surface area contributed by atoms with Gasteiger partial charge in [0.25, 0.3) is 5.91 Å². The number of hydrogen-bond donors (Lipinski definition) is 2. The van der Waals surface area contributed by atoms with Gasteiger partial charge in [-0.1, -0.05) is 45.2 Å². The first-order chi connectivity index (χ1) is 12.1. The quantitative estimate of drug-likeness (QED) is 0.566. The van der Waals surface area contributed by atoms with Crippen molar-refractivity contribution in [2.24, 2.45) is 5.92 Å². The number of nitrogens with one attached hydrogen (secondary N) is 2. The maximum absolute atomic E-state index is 12.3. The van der Waals surface area contributed by atoms with Gasteiger partial charge in [-0.3, -0.25) is 4.79 Å². The molecule has 134 valence electrons. The van der Waals surface area contributed by atoms with E-state index in [2.05, 4.69) is 24.5 Å². The summed E-state index contributed by atoms with van der Waals surface area (Å²) in [7, 11) is 0. The second kappa shape index (κ2) is 9.88. The van der Waals surface area contributed by atoms with Crippen LogP contribution >= 0.6 is 0 Å². The van der Waals surface area contributed by atoms with Gasteiger partial charge >= 0.3 is 0 Å². The van der Waals surface area contributed by atoms with Gasteiger partial charge in [-0.2, -0.15) is 5.26 Å². The van der Waals surface area contributed by atoms with E-state index in [1.54, 1.807) is 6.20 Å². The summed E-state index contributed by atoms with van der Waals surface area (Å²) in [5, 5.41) is 15.4. The molecule has 1 fully saturated rings. The number of nitriles is 1. The van der Waals surface area contributed by atoms with Crippen molar-refractivity contribution < 1.29 is 4.79 Å². The van der Waals surface area contributed by atoms with E-state index in [0.29, 0.717) is 12.0 Å². The van der Waals surface area contributed by atoms with Gasteiger partial charge in [0, 0.05) is 17.9 Å². The number of carbonyl (C=O) groups excluding carboxylic acids is 1. The van der Waals surface area contributed by atoms with E-state index < -0.39 is 0 Å². The van der Waals surface area contributed by atoms with Crippen LogP contribution in [0, 0.1) is 17.2 Å². The third-order valence-corrected chi connectivity index (χ3v) is 4.95. The molecule has 2 unspecified atom stereocenters. The normalized spacial score (nSPS) is 20.6. The van der Waals surface area contributed by atoms with Gasteiger partial charge in [-0.05, 0) is 49.3 Å². The van der Waals surface area contributed by atoms with Crippen molar-refractivity contribution in [2.45, 2.75) is 64.8 Å². The zero-order chi connectivity index (χ0) is 18.1. The van der Waals surface area contributed by atoms with E-state index in [4.69, 9.17) is 0 Å². The summed E-state index contributed by atoms with van der Waals surface area (Å²) >= 11 is 0. The molecule has 2 atom stereocenters. The van der Waals surface area contributed by atoms with Gasteiger partial charge in [-0.15, -0.1) is 0 Å². The highest BCUT2D eigenvalue weighted by molar-refractivity contribution is 6.06. The van der Waals surface area contributed by atoms with E-state index >= 15 is 0 Å². The fraction of sp³-hybridized carbons (Fsp3) is 0.524. The first kappa shape index (κ1) is 19.1. The Kier molecular flexibility index (Phi) is 7.53. The molecule has 4 heteroatoms. The number of unbranched alkanes of at least 4 members (excludes halogenated alkanes) is 1. The molecule has 0 aromatic heterocycles. The third kappa shape index (κ3) is 5.94. The van der Waals surface area contributed by atoms with Crippen LogP contribution in [0.4, 0.5) is 5.69 Å². The van der Waals surface area contributed by atoms with E-state index in [0.717, 1.165) is 24.9 Å². The molecular weight excluding hydrogens is 310 g/mol. The molecule has 0 heterocycles. The summed E-state index contributed by atoms with van der Waals surface area (Å²) in [5.74, 6) is 0.212. The van der Waals surface area contributed by atoms with Crippen LogP contribution in [0.15, 0.2) is 36.0 Å². The summed E-state index contributed by atoms with van der Waals surface area (Å²) in [6.07, 6.45) is 9.73. The Morgan fingerprint density at radius 2 is 2.00 bits per heavy atom. The summed E-state index contributed by atoms with van der Waals surface area (Å²) in [4.78, 5) is 12.3. The Morgan fingerprint density at radius 3 is 2.64 bits per heavy atom. The van der Waals surface area contributed by atoms with Crippen molar-refractivity contribution in [1.29, 1.82) is 5.26 Å². The first-order valence-corrected chi connectivity index (χ1v) is 9.40. The highest BCUT2D eigenvalue weighted by Gasteiger charge is 2.20. The molecule has 0 radical (unpaired) electrons. The minimum absolute atomic E-state index is 0.118. The summed E-state index contributed by atoms with van der Waals surface area (Å²) in [6, 6.07) is 10.2. The zero-order valence-electron chi connectivity index (χ0n) is 15.3. The molecule has 25 heavy (non-hydrogen) atoms. The second-order valence-corrected chi connectivity index (χ2v) is 6.96. The fourth-order valence-corrected chi connectivity index (χ4v) is 3.24. The van der Waals surface area contributed by atoms with Crippen LogP contribution in [-0.2, 0) is 11.2 Å². The molecule has 1 saturated carbocycles. The number of rotatable bonds is 7. The van der Waals surface area contributed by atoms with Crippen LogP contribution in [0.1, 0.15) is 57.9 Å². The van der Waals surface area contributed by atoms with Crippen LogP contribution in [0.2, 0.25) is 0 Å². The summed E-state index contributed by atoms with van der Waals surface area (Å²) in [6.45, 7) is 4.39. The molecule has 1 amide bonds. The average molecular weight is 339 g/mol. The molecular formula is C21H29N3O. The highest BCUT2D eigenvalue weighted by Crippen LogP contribution is 2.23. The van der Waals surface area contributed by atoms with Crippen molar-refractivity contribution in [3.63, 3.8) is 0 Å². The lowest BCUT2D eigenvalue weighted by Gasteiger charge is -2.29. The molecule has 4 nitrogen and oxygen atoms in total. The van der Waals surface area contributed by atoms with Crippen LogP contribution in [0.25, 0.3) is 0 Å². The Bertz CT molecular complexity index is 628. The predicted molar refractivity (Wildman–Crippen MR) is 102 cm³/mol. The number of hydrogen-bond acceptors (Lipinski definition) is 3. The molecule has 2 N–H and O–H groups in total. The monoisotopic (exact) mass is 339 g/mol. The molecule has 1 aromatic rings. The average Bonchev–Trinajstić information content (AvgIpc) is 2.63. The highest BCUT2D eigenvalue weighted by atomic mass is 16.1. The standard InChI is InChI=1S/C21H29N3O/c1-3-4-8-17-10-12-19(13-11-17)24-21(25)18(14-22)15-23-20-9-6-5-7-16(20)2/h10-13,15-16,20,23H,3-9H2,1-2H3,(H,24,25)/b18-15-. The smallest absolute Gasteiger partial charge is 0.267 e. The minimum Gasteiger partial charge on any atom is -0.387 e. The maximum atomic E-state index is 12.3. The van der Waals surface area contributed by atoms with E-state index in [1.165, 1.54) is 31.2 Å². The van der Waals surface area contributed by atoms with Gasteiger partial charge in [0.2, 0.25) is 0 Å². The fourth-order valence-electron chi connectivity index (χ4n) is 3.24. The van der Waals surface area contributed by atoms with Gasteiger partial charge in [0.1, 0.15) is 11.6 Å². The lowest BCUT2D eigenvalue weighted by Crippen LogP contribution is -2.34. The molecule has 1 aliphatic carbocycles. The maximum Gasteiger partial charge on any atom is 0.267 e. The first-order valence-electron chi connectivity index (χ1n) is 9.40. The zero-order valence-corrected chi connectivity index (χ0v) is 15.3. The Balaban J connectivity index is 1.92. The SMILES string of the molecule is CCCCc1ccc(NC(=O)/C(C#N)=C\NC2CCCCC2C)cc1. The third-order valence-electron chi connectivity index (χ3n) is 4.95. The van der Waals surface area contributed by atoms with Crippen LogP contribution in [0.5, 0.6) is 0 Å².